The highest BCUT2D eigenvalue weighted by Crippen LogP contribution is 2.56. The van der Waals surface area contributed by atoms with Gasteiger partial charge in [-0.3, -0.25) is 0 Å². The lowest BCUT2D eigenvalue weighted by molar-refractivity contribution is -0.145. The van der Waals surface area contributed by atoms with E-state index in [4.69, 9.17) is 22.1 Å². The van der Waals surface area contributed by atoms with Crippen LogP contribution in [-0.2, 0) is 19.4 Å². The lowest BCUT2D eigenvalue weighted by Crippen LogP contribution is -2.41. The minimum absolute atomic E-state index is 0.00933. The fourth-order valence-corrected chi connectivity index (χ4v) is 5.58. The van der Waals surface area contributed by atoms with Gasteiger partial charge in [-0.15, -0.1) is 0 Å². The van der Waals surface area contributed by atoms with E-state index in [9.17, 15) is 17.6 Å². The predicted molar refractivity (Wildman–Crippen MR) is 95.1 cm³/mol. The highest BCUT2D eigenvalue weighted by atomic mass is 35.5. The van der Waals surface area contributed by atoms with Crippen LogP contribution in [0.2, 0.25) is 5.02 Å². The second kappa shape index (κ2) is 6.64. The topological polar surface area (TPSA) is 86.5 Å². The summed E-state index contributed by atoms with van der Waals surface area (Å²) in [5.74, 6) is -2.27. The Morgan fingerprint density at radius 1 is 1.27 bits per heavy atom. The summed E-state index contributed by atoms with van der Waals surface area (Å²) in [6.45, 7) is 1.66. The molecule has 2 aromatic carbocycles. The Labute approximate surface area is 155 Å². The maximum Gasteiger partial charge on any atom is 0.328 e. The molecule has 0 heterocycles. The average molecular weight is 398 g/mol. The van der Waals surface area contributed by atoms with Gasteiger partial charge in [0.05, 0.1) is 11.5 Å². The van der Waals surface area contributed by atoms with Crippen LogP contribution in [0.3, 0.4) is 0 Å². The highest BCUT2D eigenvalue weighted by molar-refractivity contribution is 7.92. The molecule has 1 aliphatic rings. The van der Waals surface area contributed by atoms with Gasteiger partial charge in [-0.2, -0.15) is 0 Å². The molecule has 26 heavy (non-hydrogen) atoms. The van der Waals surface area contributed by atoms with E-state index in [-0.39, 0.29) is 11.5 Å². The summed E-state index contributed by atoms with van der Waals surface area (Å²) in [4.78, 5) is 12.4. The van der Waals surface area contributed by atoms with Crippen molar-refractivity contribution in [3.63, 3.8) is 0 Å². The molecule has 2 N–H and O–H groups in total. The fourth-order valence-electron chi connectivity index (χ4n) is 3.23. The molecule has 0 amide bonds. The van der Waals surface area contributed by atoms with E-state index in [1.54, 1.807) is 13.0 Å². The van der Waals surface area contributed by atoms with Crippen molar-refractivity contribution in [3.8, 4) is 0 Å². The van der Waals surface area contributed by atoms with Crippen molar-refractivity contribution >= 4 is 27.4 Å². The Hall–Kier alpha value is -1.96. The zero-order valence-electron chi connectivity index (χ0n) is 13.9. The second-order valence-corrected chi connectivity index (χ2v) is 8.61. The summed E-state index contributed by atoms with van der Waals surface area (Å²) in [6, 6.07) is 11.0. The number of esters is 1. The van der Waals surface area contributed by atoms with Crippen molar-refractivity contribution in [2.45, 2.75) is 28.5 Å². The molecule has 1 fully saturated rings. The van der Waals surface area contributed by atoms with E-state index >= 15 is 0 Å². The molecular formula is C18H17ClFNO4S. The number of carbonyl (C=O) groups excluding carboxylic acids is 1. The standard InChI is InChI=1S/C18H17ClFNO4S/c1-2-25-17(22)18(21)15(11-4-3-5-13(20)10-11)16(18)26(23,24)14-8-6-12(19)7-9-14/h3-10,15-16H,2,21H2,1H3/t15-,16-,18+/m1/s1. The molecule has 1 saturated carbocycles. The van der Waals surface area contributed by atoms with Crippen LogP contribution in [0.4, 0.5) is 4.39 Å². The molecule has 3 rings (SSSR count). The van der Waals surface area contributed by atoms with Gasteiger partial charge in [0, 0.05) is 10.9 Å². The molecule has 0 spiro atoms. The normalized spacial score (nSPS) is 24.9. The van der Waals surface area contributed by atoms with Crippen molar-refractivity contribution in [2.75, 3.05) is 6.61 Å². The van der Waals surface area contributed by atoms with Gasteiger partial charge < -0.3 is 10.5 Å². The molecular weight excluding hydrogens is 381 g/mol. The molecule has 3 atom stereocenters. The number of sulfone groups is 1. The van der Waals surface area contributed by atoms with Crippen molar-refractivity contribution in [3.05, 3.63) is 64.9 Å². The number of benzene rings is 2. The van der Waals surface area contributed by atoms with E-state index in [0.29, 0.717) is 10.6 Å². The van der Waals surface area contributed by atoms with E-state index in [2.05, 4.69) is 0 Å². The van der Waals surface area contributed by atoms with Gasteiger partial charge in [-0.25, -0.2) is 17.6 Å². The molecule has 0 aromatic heterocycles. The van der Waals surface area contributed by atoms with E-state index in [1.165, 1.54) is 42.5 Å². The molecule has 0 radical (unpaired) electrons. The van der Waals surface area contributed by atoms with Crippen LogP contribution in [0.15, 0.2) is 53.4 Å². The van der Waals surface area contributed by atoms with Crippen LogP contribution < -0.4 is 5.73 Å². The summed E-state index contributed by atoms with van der Waals surface area (Å²) in [5.41, 5.74) is 4.76. The van der Waals surface area contributed by atoms with Gasteiger partial charge in [0.15, 0.2) is 9.84 Å². The maximum atomic E-state index is 13.6. The van der Waals surface area contributed by atoms with Gasteiger partial charge in [-0.1, -0.05) is 23.7 Å². The fraction of sp³-hybridized carbons (Fsp3) is 0.278. The Morgan fingerprint density at radius 3 is 2.50 bits per heavy atom. The molecule has 0 aliphatic heterocycles. The van der Waals surface area contributed by atoms with Crippen LogP contribution in [0.5, 0.6) is 0 Å². The molecule has 1 aliphatic carbocycles. The first kappa shape index (κ1) is 18.8. The van der Waals surface area contributed by atoms with Gasteiger partial charge in [0.2, 0.25) is 0 Å². The number of nitrogens with two attached hydrogens (primary N) is 1. The number of hydrogen-bond acceptors (Lipinski definition) is 5. The maximum absolute atomic E-state index is 13.6. The molecule has 8 heteroatoms. The van der Waals surface area contributed by atoms with Gasteiger partial charge in [-0.05, 0) is 48.9 Å². The zero-order valence-corrected chi connectivity index (χ0v) is 15.4. The molecule has 5 nitrogen and oxygen atoms in total. The summed E-state index contributed by atoms with van der Waals surface area (Å²) < 4.78 is 44.8. The van der Waals surface area contributed by atoms with Crippen LogP contribution in [0.25, 0.3) is 0 Å². The Balaban J connectivity index is 2.07. The minimum Gasteiger partial charge on any atom is -0.465 e. The smallest absolute Gasteiger partial charge is 0.328 e. The van der Waals surface area contributed by atoms with Crippen LogP contribution >= 0.6 is 11.6 Å². The lowest BCUT2D eigenvalue weighted by atomic mass is 10.1. The summed E-state index contributed by atoms with van der Waals surface area (Å²) in [7, 11) is -3.97. The number of ether oxygens (including phenoxy) is 1. The Kier molecular flexibility index (Phi) is 4.81. The number of carbonyl (C=O) groups is 1. The molecule has 0 bridgehead atoms. The summed E-state index contributed by atoms with van der Waals surface area (Å²) >= 11 is 5.81. The predicted octanol–water partition coefficient (Wildman–Crippen LogP) is 2.68. The van der Waals surface area contributed by atoms with Crippen molar-refractivity contribution in [1.82, 2.24) is 0 Å². The average Bonchev–Trinajstić information content (AvgIpc) is 3.24. The van der Waals surface area contributed by atoms with Crippen molar-refractivity contribution < 1.29 is 22.3 Å². The van der Waals surface area contributed by atoms with E-state index in [0.717, 1.165) is 0 Å². The lowest BCUT2D eigenvalue weighted by Gasteiger charge is -2.11. The molecule has 2 aromatic rings. The largest absolute Gasteiger partial charge is 0.465 e. The molecule has 0 unspecified atom stereocenters. The number of rotatable bonds is 5. The third-order valence-corrected chi connectivity index (χ3v) is 7.00. The van der Waals surface area contributed by atoms with Crippen LogP contribution in [0, 0.1) is 5.82 Å². The van der Waals surface area contributed by atoms with Crippen molar-refractivity contribution in [2.24, 2.45) is 5.73 Å². The minimum atomic E-state index is -3.97. The van der Waals surface area contributed by atoms with Crippen LogP contribution in [0.1, 0.15) is 18.4 Å². The summed E-state index contributed by atoms with van der Waals surface area (Å²) in [5, 5.41) is -0.872. The zero-order chi connectivity index (χ0) is 19.1. The van der Waals surface area contributed by atoms with Crippen molar-refractivity contribution in [1.29, 1.82) is 0 Å². The Morgan fingerprint density at radius 2 is 1.92 bits per heavy atom. The first-order valence-electron chi connectivity index (χ1n) is 7.94. The first-order valence-corrected chi connectivity index (χ1v) is 9.86. The third kappa shape index (κ3) is 3.00. The molecule has 138 valence electrons. The van der Waals surface area contributed by atoms with Crippen LogP contribution in [-0.4, -0.2) is 31.8 Å². The first-order chi connectivity index (χ1) is 12.2. The van der Waals surface area contributed by atoms with Gasteiger partial charge >= 0.3 is 5.97 Å². The Bertz CT molecular complexity index is 948. The van der Waals surface area contributed by atoms with Gasteiger partial charge in [0.25, 0.3) is 0 Å². The monoisotopic (exact) mass is 397 g/mol. The molecule has 0 saturated heterocycles. The van der Waals surface area contributed by atoms with E-state index in [1.807, 2.05) is 0 Å². The quantitative estimate of drug-likeness (QED) is 0.784. The van der Waals surface area contributed by atoms with Gasteiger partial charge in [0.1, 0.15) is 16.6 Å². The number of hydrogen-bond donors (Lipinski definition) is 1. The SMILES string of the molecule is CCOC(=O)[C@]1(N)[C@H](c2cccc(F)c2)[C@H]1S(=O)(=O)c1ccc(Cl)cc1. The van der Waals surface area contributed by atoms with E-state index < -0.39 is 38.3 Å². The second-order valence-electron chi connectivity index (χ2n) is 6.11. The number of halogens is 2. The summed E-state index contributed by atoms with van der Waals surface area (Å²) in [6.07, 6.45) is 0. The third-order valence-electron chi connectivity index (χ3n) is 4.49. The highest BCUT2D eigenvalue weighted by Gasteiger charge is 2.74.